The van der Waals surface area contributed by atoms with Gasteiger partial charge in [-0.25, -0.2) is 9.97 Å². The normalized spacial score (nSPS) is 10.3. The van der Waals surface area contributed by atoms with Gasteiger partial charge in [0.1, 0.15) is 17.2 Å². The molecule has 5 heteroatoms. The highest BCUT2D eigenvalue weighted by atomic mass is 35.5. The third-order valence-corrected chi connectivity index (χ3v) is 3.70. The SMILES string of the molecule is CCCNc1cc(Sc2ccccc2Cl)ncn1. The van der Waals surface area contributed by atoms with E-state index < -0.39 is 0 Å². The Balaban J connectivity index is 2.12. The molecule has 0 aliphatic heterocycles. The number of halogens is 1. The van der Waals surface area contributed by atoms with Crippen molar-refractivity contribution in [3.05, 3.63) is 41.7 Å². The van der Waals surface area contributed by atoms with E-state index in [0.29, 0.717) is 0 Å². The molecule has 0 radical (unpaired) electrons. The van der Waals surface area contributed by atoms with Gasteiger partial charge in [-0.05, 0) is 18.6 Å². The van der Waals surface area contributed by atoms with Gasteiger partial charge in [-0.2, -0.15) is 0 Å². The Bertz CT molecular complexity index is 519. The molecule has 3 nitrogen and oxygen atoms in total. The predicted octanol–water partition coefficient (Wildman–Crippen LogP) is 4.10. The Labute approximate surface area is 116 Å². The first-order valence-electron chi connectivity index (χ1n) is 5.78. The van der Waals surface area contributed by atoms with Crippen LogP contribution >= 0.6 is 23.4 Å². The highest BCUT2D eigenvalue weighted by molar-refractivity contribution is 7.99. The van der Waals surface area contributed by atoms with Gasteiger partial charge in [0.15, 0.2) is 0 Å². The van der Waals surface area contributed by atoms with Crippen LogP contribution in [0.15, 0.2) is 46.6 Å². The summed E-state index contributed by atoms with van der Waals surface area (Å²) in [6, 6.07) is 9.67. The van der Waals surface area contributed by atoms with Crippen LogP contribution < -0.4 is 5.32 Å². The van der Waals surface area contributed by atoms with Crippen molar-refractivity contribution in [1.29, 1.82) is 0 Å². The maximum Gasteiger partial charge on any atom is 0.130 e. The maximum atomic E-state index is 6.12. The average molecular weight is 280 g/mol. The van der Waals surface area contributed by atoms with E-state index in [0.717, 1.165) is 33.7 Å². The summed E-state index contributed by atoms with van der Waals surface area (Å²) in [6.07, 6.45) is 2.63. The molecule has 0 amide bonds. The van der Waals surface area contributed by atoms with E-state index in [1.54, 1.807) is 6.33 Å². The van der Waals surface area contributed by atoms with Crippen LogP contribution in [0.3, 0.4) is 0 Å². The molecular formula is C13H14ClN3S. The van der Waals surface area contributed by atoms with Gasteiger partial charge in [0.2, 0.25) is 0 Å². The van der Waals surface area contributed by atoms with Crippen LogP contribution in [-0.4, -0.2) is 16.5 Å². The van der Waals surface area contributed by atoms with E-state index in [1.807, 2.05) is 30.3 Å². The topological polar surface area (TPSA) is 37.8 Å². The minimum atomic E-state index is 0.740. The Morgan fingerprint density at radius 1 is 1.28 bits per heavy atom. The summed E-state index contributed by atoms with van der Waals surface area (Å²) >= 11 is 7.66. The number of hydrogen-bond acceptors (Lipinski definition) is 4. The minimum Gasteiger partial charge on any atom is -0.370 e. The molecule has 0 fully saturated rings. The molecule has 1 aromatic carbocycles. The fraction of sp³-hybridized carbons (Fsp3) is 0.231. The standard InChI is InChI=1S/C13H14ClN3S/c1-2-7-15-12-8-13(17-9-16-12)18-11-6-4-3-5-10(11)14/h3-6,8-9H,2,7H2,1H3,(H,15,16,17). The molecule has 0 unspecified atom stereocenters. The number of rotatable bonds is 5. The lowest BCUT2D eigenvalue weighted by molar-refractivity contribution is 0.953. The van der Waals surface area contributed by atoms with Crippen LogP contribution in [0.5, 0.6) is 0 Å². The fourth-order valence-electron chi connectivity index (χ4n) is 1.39. The van der Waals surface area contributed by atoms with Crippen molar-refractivity contribution in [3.8, 4) is 0 Å². The van der Waals surface area contributed by atoms with Crippen LogP contribution in [0, 0.1) is 0 Å². The van der Waals surface area contributed by atoms with Crippen molar-refractivity contribution in [1.82, 2.24) is 9.97 Å². The van der Waals surface area contributed by atoms with E-state index in [2.05, 4.69) is 22.2 Å². The van der Waals surface area contributed by atoms with Crippen LogP contribution in [0.25, 0.3) is 0 Å². The van der Waals surface area contributed by atoms with Gasteiger partial charge in [-0.1, -0.05) is 42.4 Å². The van der Waals surface area contributed by atoms with Gasteiger partial charge in [0, 0.05) is 17.5 Å². The zero-order chi connectivity index (χ0) is 12.8. The molecule has 1 N–H and O–H groups in total. The van der Waals surface area contributed by atoms with E-state index in [1.165, 1.54) is 11.8 Å². The first kappa shape index (κ1) is 13.2. The lowest BCUT2D eigenvalue weighted by atomic mass is 10.4. The van der Waals surface area contributed by atoms with Crippen LogP contribution in [0.1, 0.15) is 13.3 Å². The summed E-state index contributed by atoms with van der Waals surface area (Å²) in [7, 11) is 0. The van der Waals surface area contributed by atoms with Crippen molar-refractivity contribution < 1.29 is 0 Å². The lowest BCUT2D eigenvalue weighted by Gasteiger charge is -2.06. The molecule has 94 valence electrons. The predicted molar refractivity (Wildman–Crippen MR) is 76.4 cm³/mol. The molecule has 1 aromatic heterocycles. The molecule has 0 aliphatic carbocycles. The van der Waals surface area contributed by atoms with E-state index in [4.69, 9.17) is 11.6 Å². The number of nitrogens with one attached hydrogen (secondary N) is 1. The number of nitrogens with zero attached hydrogens (tertiary/aromatic N) is 2. The van der Waals surface area contributed by atoms with Crippen molar-refractivity contribution in [2.24, 2.45) is 0 Å². The second kappa shape index (κ2) is 6.61. The molecule has 0 spiro atoms. The van der Waals surface area contributed by atoms with E-state index in [9.17, 15) is 0 Å². The van der Waals surface area contributed by atoms with Crippen LogP contribution in [0.2, 0.25) is 5.02 Å². The summed E-state index contributed by atoms with van der Waals surface area (Å²) < 4.78 is 0. The summed E-state index contributed by atoms with van der Waals surface area (Å²) in [4.78, 5) is 9.41. The van der Waals surface area contributed by atoms with Gasteiger partial charge in [0.25, 0.3) is 0 Å². The van der Waals surface area contributed by atoms with E-state index >= 15 is 0 Å². The third-order valence-electron chi connectivity index (χ3n) is 2.25. The molecule has 0 saturated heterocycles. The highest BCUT2D eigenvalue weighted by Crippen LogP contribution is 2.32. The second-order valence-corrected chi connectivity index (χ2v) is 5.17. The second-order valence-electron chi connectivity index (χ2n) is 3.70. The molecule has 0 atom stereocenters. The summed E-state index contributed by atoms with van der Waals surface area (Å²) in [5, 5.41) is 4.86. The Morgan fingerprint density at radius 3 is 2.89 bits per heavy atom. The molecule has 1 heterocycles. The van der Waals surface area contributed by atoms with Crippen molar-refractivity contribution in [2.45, 2.75) is 23.3 Å². The maximum absolute atomic E-state index is 6.12. The zero-order valence-corrected chi connectivity index (χ0v) is 11.6. The number of aromatic nitrogens is 2. The first-order chi connectivity index (χ1) is 8.79. The largest absolute Gasteiger partial charge is 0.370 e. The molecule has 0 aliphatic rings. The van der Waals surface area contributed by atoms with Gasteiger partial charge in [0.05, 0.1) is 5.02 Å². The number of hydrogen-bond donors (Lipinski definition) is 1. The molecule has 18 heavy (non-hydrogen) atoms. The quantitative estimate of drug-likeness (QED) is 0.836. The zero-order valence-electron chi connectivity index (χ0n) is 10.1. The molecule has 0 saturated carbocycles. The molecule has 2 rings (SSSR count). The molecule has 0 bridgehead atoms. The van der Waals surface area contributed by atoms with Gasteiger partial charge in [-0.3, -0.25) is 0 Å². The van der Waals surface area contributed by atoms with Gasteiger partial charge < -0.3 is 5.32 Å². The summed E-state index contributed by atoms with van der Waals surface area (Å²) in [5.74, 6) is 0.849. The van der Waals surface area contributed by atoms with Crippen molar-refractivity contribution in [3.63, 3.8) is 0 Å². The van der Waals surface area contributed by atoms with E-state index in [-0.39, 0.29) is 0 Å². The van der Waals surface area contributed by atoms with Crippen molar-refractivity contribution in [2.75, 3.05) is 11.9 Å². The lowest BCUT2D eigenvalue weighted by Crippen LogP contribution is -2.02. The Kier molecular flexibility index (Phi) is 4.84. The van der Waals surface area contributed by atoms with Gasteiger partial charge in [-0.15, -0.1) is 0 Å². The molecular weight excluding hydrogens is 266 g/mol. The minimum absolute atomic E-state index is 0.740. The number of anilines is 1. The van der Waals surface area contributed by atoms with Gasteiger partial charge >= 0.3 is 0 Å². The van der Waals surface area contributed by atoms with Crippen LogP contribution in [-0.2, 0) is 0 Å². The monoisotopic (exact) mass is 279 g/mol. The molecule has 2 aromatic rings. The first-order valence-corrected chi connectivity index (χ1v) is 6.97. The smallest absolute Gasteiger partial charge is 0.130 e. The van der Waals surface area contributed by atoms with Crippen molar-refractivity contribution >= 4 is 29.2 Å². The third kappa shape index (κ3) is 3.62. The summed E-state index contributed by atoms with van der Waals surface area (Å²) in [5.41, 5.74) is 0. The average Bonchev–Trinajstić information content (AvgIpc) is 2.40. The number of benzene rings is 1. The Morgan fingerprint density at radius 2 is 2.11 bits per heavy atom. The summed E-state index contributed by atoms with van der Waals surface area (Å²) in [6.45, 7) is 3.03. The Hall–Kier alpha value is -1.26. The fourth-order valence-corrected chi connectivity index (χ4v) is 2.44. The van der Waals surface area contributed by atoms with Crippen LogP contribution in [0.4, 0.5) is 5.82 Å². The highest BCUT2D eigenvalue weighted by Gasteiger charge is 2.04.